The Labute approximate surface area is 127 Å². The summed E-state index contributed by atoms with van der Waals surface area (Å²) in [6.07, 6.45) is 2.88. The van der Waals surface area contributed by atoms with Crippen molar-refractivity contribution in [2.75, 3.05) is 20.8 Å². The molecule has 1 aromatic carbocycles. The highest BCUT2D eigenvalue weighted by molar-refractivity contribution is 5.39. The zero-order chi connectivity index (χ0) is 15.5. The number of nitrogens with two attached hydrogens (primary N) is 1. The van der Waals surface area contributed by atoms with Crippen molar-refractivity contribution in [3.05, 3.63) is 29.3 Å². The quantitative estimate of drug-likeness (QED) is 0.876. The third-order valence-electron chi connectivity index (χ3n) is 4.40. The maximum Gasteiger partial charge on any atom is 0.119 e. The van der Waals surface area contributed by atoms with Crippen LogP contribution in [0.3, 0.4) is 0 Å². The lowest BCUT2D eigenvalue weighted by molar-refractivity contribution is -0.0356. The van der Waals surface area contributed by atoms with E-state index < -0.39 is 0 Å². The van der Waals surface area contributed by atoms with E-state index in [1.54, 1.807) is 14.2 Å². The molecular formula is C17H27NO3. The van der Waals surface area contributed by atoms with Gasteiger partial charge in [0.15, 0.2) is 0 Å². The van der Waals surface area contributed by atoms with Crippen LogP contribution in [0.25, 0.3) is 0 Å². The van der Waals surface area contributed by atoms with E-state index in [2.05, 4.69) is 26.0 Å². The maximum atomic E-state index is 6.37. The Kier molecular flexibility index (Phi) is 5.25. The van der Waals surface area contributed by atoms with E-state index in [0.717, 1.165) is 25.0 Å². The molecule has 118 valence electrons. The van der Waals surface area contributed by atoms with Gasteiger partial charge in [-0.25, -0.2) is 0 Å². The predicted molar refractivity (Wildman–Crippen MR) is 83.7 cm³/mol. The molecule has 0 bridgehead atoms. The number of hydrogen-bond donors (Lipinski definition) is 1. The molecule has 0 saturated carbocycles. The van der Waals surface area contributed by atoms with E-state index >= 15 is 0 Å². The van der Waals surface area contributed by atoms with Crippen LogP contribution in [0.2, 0.25) is 0 Å². The normalized spacial score (nSPS) is 22.0. The Morgan fingerprint density at radius 2 is 2.05 bits per heavy atom. The van der Waals surface area contributed by atoms with Gasteiger partial charge in [0, 0.05) is 13.7 Å². The second-order valence-electron chi connectivity index (χ2n) is 6.25. The average Bonchev–Trinajstić information content (AvgIpc) is 2.49. The zero-order valence-corrected chi connectivity index (χ0v) is 13.5. The number of hydrogen-bond acceptors (Lipinski definition) is 4. The van der Waals surface area contributed by atoms with Crippen LogP contribution in [0, 0.1) is 0 Å². The number of methoxy groups -OCH3 is 2. The second kappa shape index (κ2) is 6.77. The Morgan fingerprint density at radius 1 is 1.29 bits per heavy atom. The molecular weight excluding hydrogens is 266 g/mol. The van der Waals surface area contributed by atoms with Crippen LogP contribution < -0.4 is 10.5 Å². The zero-order valence-electron chi connectivity index (χ0n) is 13.5. The molecule has 4 heteroatoms. The van der Waals surface area contributed by atoms with Gasteiger partial charge >= 0.3 is 0 Å². The van der Waals surface area contributed by atoms with Crippen molar-refractivity contribution < 1.29 is 14.2 Å². The highest BCUT2D eigenvalue weighted by Gasteiger charge is 2.28. The fourth-order valence-corrected chi connectivity index (χ4v) is 2.67. The van der Waals surface area contributed by atoms with E-state index in [0.29, 0.717) is 6.61 Å². The maximum absolute atomic E-state index is 6.37. The first kappa shape index (κ1) is 16.3. The van der Waals surface area contributed by atoms with E-state index in [1.807, 2.05) is 6.07 Å². The van der Waals surface area contributed by atoms with Gasteiger partial charge in [-0.3, -0.25) is 0 Å². The Morgan fingerprint density at radius 3 is 2.71 bits per heavy atom. The molecule has 0 amide bonds. The van der Waals surface area contributed by atoms with E-state index in [9.17, 15) is 0 Å². The van der Waals surface area contributed by atoms with Gasteiger partial charge in [-0.05, 0) is 56.4 Å². The number of benzene rings is 1. The summed E-state index contributed by atoms with van der Waals surface area (Å²) >= 11 is 0. The standard InChI is InChI=1S/C17H27NO3/c1-17(2,20-4)9-10-21-15-8-5-12-11-13(19-3)6-7-14(12)16(15)18/h6-7,11,15-16H,5,8-10,18H2,1-4H3. The molecule has 2 N–H and O–H groups in total. The van der Waals surface area contributed by atoms with Crippen LogP contribution in [-0.2, 0) is 15.9 Å². The minimum absolute atomic E-state index is 0.0645. The highest BCUT2D eigenvalue weighted by Crippen LogP contribution is 2.32. The number of ether oxygens (including phenoxy) is 3. The molecule has 0 spiro atoms. The highest BCUT2D eigenvalue weighted by atomic mass is 16.5. The third-order valence-corrected chi connectivity index (χ3v) is 4.40. The lowest BCUT2D eigenvalue weighted by Gasteiger charge is -2.32. The summed E-state index contributed by atoms with van der Waals surface area (Å²) in [5, 5.41) is 0. The van der Waals surface area contributed by atoms with Crippen molar-refractivity contribution in [3.8, 4) is 5.75 Å². The molecule has 0 heterocycles. The van der Waals surface area contributed by atoms with Crippen LogP contribution in [0.1, 0.15) is 43.9 Å². The van der Waals surface area contributed by atoms with Crippen molar-refractivity contribution in [3.63, 3.8) is 0 Å². The van der Waals surface area contributed by atoms with Gasteiger partial charge in [0.2, 0.25) is 0 Å². The first-order valence-electron chi connectivity index (χ1n) is 7.56. The first-order chi connectivity index (χ1) is 9.96. The fourth-order valence-electron chi connectivity index (χ4n) is 2.67. The third kappa shape index (κ3) is 3.96. The molecule has 2 unspecified atom stereocenters. The molecule has 0 radical (unpaired) electrons. The molecule has 1 aromatic rings. The molecule has 2 rings (SSSR count). The molecule has 1 aliphatic carbocycles. The summed E-state index contributed by atoms with van der Waals surface area (Å²) in [6.45, 7) is 4.81. The van der Waals surface area contributed by atoms with Gasteiger partial charge in [0.05, 0.1) is 24.9 Å². The average molecular weight is 293 g/mol. The van der Waals surface area contributed by atoms with Crippen molar-refractivity contribution in [1.82, 2.24) is 0 Å². The molecule has 1 aliphatic rings. The van der Waals surface area contributed by atoms with E-state index in [4.69, 9.17) is 19.9 Å². The van der Waals surface area contributed by atoms with E-state index in [1.165, 1.54) is 11.1 Å². The summed E-state index contributed by atoms with van der Waals surface area (Å²) in [4.78, 5) is 0. The summed E-state index contributed by atoms with van der Waals surface area (Å²) in [6, 6.07) is 6.05. The second-order valence-corrected chi connectivity index (χ2v) is 6.25. The lowest BCUT2D eigenvalue weighted by atomic mass is 9.86. The van der Waals surface area contributed by atoms with Crippen LogP contribution in [0.5, 0.6) is 5.75 Å². The molecule has 0 fully saturated rings. The minimum Gasteiger partial charge on any atom is -0.497 e. The van der Waals surface area contributed by atoms with Crippen molar-refractivity contribution in [2.45, 2.75) is 50.9 Å². The van der Waals surface area contributed by atoms with Crippen LogP contribution in [0.15, 0.2) is 18.2 Å². The van der Waals surface area contributed by atoms with Gasteiger partial charge in [0.1, 0.15) is 5.75 Å². The molecule has 4 nitrogen and oxygen atoms in total. The number of fused-ring (bicyclic) bond motifs is 1. The SMILES string of the molecule is COc1ccc2c(c1)CCC(OCCC(C)(C)OC)C2N. The summed E-state index contributed by atoms with van der Waals surface area (Å²) in [5.74, 6) is 0.891. The van der Waals surface area contributed by atoms with Gasteiger partial charge < -0.3 is 19.9 Å². The van der Waals surface area contributed by atoms with Gasteiger partial charge in [-0.1, -0.05) is 6.07 Å². The largest absolute Gasteiger partial charge is 0.497 e. The number of aryl methyl sites for hydroxylation is 1. The van der Waals surface area contributed by atoms with Crippen molar-refractivity contribution in [2.24, 2.45) is 5.73 Å². The van der Waals surface area contributed by atoms with Gasteiger partial charge in [0.25, 0.3) is 0 Å². The van der Waals surface area contributed by atoms with Crippen LogP contribution in [0.4, 0.5) is 0 Å². The van der Waals surface area contributed by atoms with Gasteiger partial charge in [-0.15, -0.1) is 0 Å². The molecule has 0 aliphatic heterocycles. The molecule has 0 aromatic heterocycles. The molecule has 21 heavy (non-hydrogen) atoms. The first-order valence-corrected chi connectivity index (χ1v) is 7.56. The molecule has 0 saturated heterocycles. The summed E-state index contributed by atoms with van der Waals surface area (Å²) < 4.78 is 16.7. The number of rotatable bonds is 6. The van der Waals surface area contributed by atoms with Crippen molar-refractivity contribution in [1.29, 1.82) is 0 Å². The fraction of sp³-hybridized carbons (Fsp3) is 0.647. The predicted octanol–water partition coefficient (Wildman–Crippen LogP) is 2.84. The van der Waals surface area contributed by atoms with E-state index in [-0.39, 0.29) is 17.7 Å². The Hall–Kier alpha value is -1.10. The molecule has 2 atom stereocenters. The Bertz CT molecular complexity index is 473. The lowest BCUT2D eigenvalue weighted by Crippen LogP contribution is -2.35. The summed E-state index contributed by atoms with van der Waals surface area (Å²) in [7, 11) is 3.42. The Balaban J connectivity index is 1.96. The van der Waals surface area contributed by atoms with Crippen molar-refractivity contribution >= 4 is 0 Å². The van der Waals surface area contributed by atoms with Gasteiger partial charge in [-0.2, -0.15) is 0 Å². The smallest absolute Gasteiger partial charge is 0.119 e. The summed E-state index contributed by atoms with van der Waals surface area (Å²) in [5.41, 5.74) is 8.67. The minimum atomic E-state index is -0.149. The van der Waals surface area contributed by atoms with Crippen LogP contribution in [-0.4, -0.2) is 32.5 Å². The monoisotopic (exact) mass is 293 g/mol. The topological polar surface area (TPSA) is 53.7 Å². The van der Waals surface area contributed by atoms with Crippen LogP contribution >= 0.6 is 0 Å².